The fraction of sp³-hybridized carbons (Fsp3) is 0.632. The lowest BCUT2D eigenvalue weighted by molar-refractivity contribution is -0.131. The van der Waals surface area contributed by atoms with Gasteiger partial charge in [0, 0.05) is 47.8 Å². The molecule has 132 valence electrons. The van der Waals surface area contributed by atoms with Crippen molar-refractivity contribution in [2.24, 2.45) is 5.89 Å². The van der Waals surface area contributed by atoms with Crippen LogP contribution < -0.4 is 9.47 Å². The number of Topliss-reactive ketones (excluding diaryl/α,β-unsaturated/α-hetero) is 1. The van der Waals surface area contributed by atoms with Gasteiger partial charge in [-0.1, -0.05) is 0 Å². The van der Waals surface area contributed by atoms with Crippen LogP contribution in [-0.2, 0) is 11.2 Å². The van der Waals surface area contributed by atoms with Gasteiger partial charge in [-0.2, -0.15) is 0 Å². The molecule has 5 heteroatoms. The zero-order chi connectivity index (χ0) is 30.6. The van der Waals surface area contributed by atoms with E-state index in [1.165, 1.54) is 0 Å². The van der Waals surface area contributed by atoms with E-state index in [4.69, 9.17) is 30.0 Å². The first-order chi connectivity index (χ1) is 17.1. The molecule has 0 radical (unpaired) electrons. The van der Waals surface area contributed by atoms with Gasteiger partial charge in [0.1, 0.15) is 5.78 Å². The van der Waals surface area contributed by atoms with Crippen LogP contribution in [-0.4, -0.2) is 48.6 Å². The molecule has 2 heterocycles. The number of aliphatic hydroxyl groups is 1. The van der Waals surface area contributed by atoms with E-state index >= 15 is 0 Å². The van der Waals surface area contributed by atoms with E-state index in [1.54, 1.807) is 0 Å². The predicted molar refractivity (Wildman–Crippen MR) is 91.6 cm³/mol. The Kier molecular flexibility index (Phi) is 1.76. The van der Waals surface area contributed by atoms with Crippen LogP contribution in [0.25, 0.3) is 0 Å². The van der Waals surface area contributed by atoms with E-state index in [1.807, 2.05) is 0 Å². The third kappa shape index (κ3) is 3.28. The Bertz CT molecular complexity index is 1180. The summed E-state index contributed by atoms with van der Waals surface area (Å²) in [4.78, 5) is 14.0. The van der Waals surface area contributed by atoms with Crippen LogP contribution in [0.2, 0.25) is 0 Å². The van der Waals surface area contributed by atoms with Crippen LogP contribution in [0.5, 0.6) is 11.5 Å². The molecule has 5 nitrogen and oxygen atoms in total. The molecule has 0 amide bonds. The Morgan fingerprint density at radius 2 is 2.33 bits per heavy atom. The molecule has 2 aliphatic rings. The summed E-state index contributed by atoms with van der Waals surface area (Å²) in [7, 11) is -1.93. The van der Waals surface area contributed by atoms with Crippen molar-refractivity contribution < 1.29 is 39.9 Å². The third-order valence-corrected chi connectivity index (χ3v) is 3.65. The molecular weight excluding hydrogens is 306 g/mol. The molecule has 2 aliphatic heterocycles. The summed E-state index contributed by atoms with van der Waals surface area (Å²) in [5.41, 5.74) is -4.33. The molecule has 0 bridgehead atoms. The Balaban J connectivity index is 2.34. The van der Waals surface area contributed by atoms with Gasteiger partial charge in [0.2, 0.25) is 0 Å². The quantitative estimate of drug-likeness (QED) is 0.905. The molecular formula is C19H27NO4. The molecule has 0 aromatic heterocycles. The lowest BCUT2D eigenvalue weighted by atomic mass is 9.79. The number of hydrogen-bond acceptors (Lipinski definition) is 5. The highest BCUT2D eigenvalue weighted by molar-refractivity contribution is 5.83. The zero-order valence-corrected chi connectivity index (χ0v) is 13.1. The van der Waals surface area contributed by atoms with Crippen molar-refractivity contribution in [1.82, 2.24) is 4.90 Å². The summed E-state index contributed by atoms with van der Waals surface area (Å²) in [5.74, 6) is -6.08. The number of nitrogens with zero attached hydrogens (tertiary/aromatic N) is 1. The normalized spacial score (nSPS) is 46.5. The fourth-order valence-electron chi connectivity index (χ4n) is 2.64. The number of rotatable bonds is 4. The van der Waals surface area contributed by atoms with Crippen molar-refractivity contribution in [3.63, 3.8) is 0 Å². The monoisotopic (exact) mass is 348 g/mol. The SMILES string of the molecule is [2H]C([2H])([2H])Oc1cc2c(cc1OC)[C@H]1N(C[C@]([2H])(C([2H])([2H])C(C)(O)C([2H])([2H])[2H])C(=O)C1([2H])[2H])C([2H])([2H])C2([2H])[2H]. The van der Waals surface area contributed by atoms with Crippen molar-refractivity contribution >= 4 is 5.78 Å². The zero-order valence-electron chi connectivity index (χ0n) is 28.1. The van der Waals surface area contributed by atoms with Crippen LogP contribution in [0.4, 0.5) is 0 Å². The van der Waals surface area contributed by atoms with Crippen LogP contribution in [0.3, 0.4) is 0 Å². The molecule has 1 N–H and O–H groups in total. The Labute approximate surface area is 164 Å². The van der Waals surface area contributed by atoms with E-state index < -0.39 is 80.7 Å². The van der Waals surface area contributed by atoms with Crippen LogP contribution in [0, 0.1) is 5.89 Å². The number of methoxy groups -OCH3 is 2. The van der Waals surface area contributed by atoms with Gasteiger partial charge in [-0.15, -0.1) is 0 Å². The molecule has 1 aromatic rings. The molecule has 1 aromatic carbocycles. The smallest absolute Gasteiger partial charge is 0.161 e. The Morgan fingerprint density at radius 3 is 3.04 bits per heavy atom. The van der Waals surface area contributed by atoms with Gasteiger partial charge >= 0.3 is 0 Å². The van der Waals surface area contributed by atoms with E-state index in [0.29, 0.717) is 11.8 Å². The molecule has 1 fully saturated rings. The molecule has 0 saturated carbocycles. The number of ketones is 1. The number of carbonyl (C=O) groups is 1. The first-order valence-electron chi connectivity index (χ1n) is 14.6. The second kappa shape index (κ2) is 6.37. The second-order valence-corrected chi connectivity index (χ2v) is 5.61. The average Bonchev–Trinajstić information content (AvgIpc) is 2.74. The minimum absolute atomic E-state index is 0.324. The largest absolute Gasteiger partial charge is 0.493 e. The molecule has 3 rings (SSSR count). The van der Waals surface area contributed by atoms with E-state index in [2.05, 4.69) is 0 Å². The maximum atomic E-state index is 13.6. The van der Waals surface area contributed by atoms with Gasteiger partial charge in [0.25, 0.3) is 0 Å². The van der Waals surface area contributed by atoms with Gasteiger partial charge in [-0.25, -0.2) is 0 Å². The number of benzene rings is 1. The van der Waals surface area contributed by atoms with E-state index in [9.17, 15) is 9.90 Å². The first kappa shape index (κ1) is 6.61. The van der Waals surface area contributed by atoms with E-state index in [0.717, 1.165) is 19.2 Å². The summed E-state index contributed by atoms with van der Waals surface area (Å²) >= 11 is 0. The summed E-state index contributed by atoms with van der Waals surface area (Å²) in [6, 6.07) is -0.213. The maximum absolute atomic E-state index is 13.6. The van der Waals surface area contributed by atoms with Crippen LogP contribution >= 0.6 is 0 Å². The standard InChI is InChI=1S/C19H27NO4/c1-19(2,22)10-13-11-20-6-5-12-7-17(23-3)18(24-4)8-14(12)15(20)9-16(13)21/h7-8,13,15,22H,5-6,9-11H2,1-4H3/t13-,15-/m0/s1/i1D3,3D3,5D2,6D2,9D2,10D2,13D/t13-,15-,19?. The number of ether oxygens (including phenoxy) is 2. The number of hydrogen-bond donors (Lipinski definition) is 1. The van der Waals surface area contributed by atoms with Gasteiger partial charge in [-0.05, 0) is 49.8 Å². The maximum Gasteiger partial charge on any atom is 0.161 e. The number of piperidine rings is 1. The van der Waals surface area contributed by atoms with E-state index in [-0.39, 0.29) is 11.3 Å². The minimum atomic E-state index is -3.70. The number of carbonyl (C=O) groups excluding carboxylic acids is 1. The fourth-order valence-corrected chi connectivity index (χ4v) is 2.64. The van der Waals surface area contributed by atoms with Crippen molar-refractivity contribution in [3.8, 4) is 11.5 Å². The summed E-state index contributed by atoms with van der Waals surface area (Å²) in [5, 5.41) is 10.7. The van der Waals surface area contributed by atoms with Crippen molar-refractivity contribution in [2.75, 3.05) is 27.2 Å². The average molecular weight is 349 g/mol. The van der Waals surface area contributed by atoms with Gasteiger partial charge in [-0.3, -0.25) is 9.69 Å². The molecule has 0 aliphatic carbocycles. The summed E-state index contributed by atoms with van der Waals surface area (Å²) in [6.07, 6.45) is -10.2. The molecule has 3 atom stereocenters. The molecule has 1 unspecified atom stereocenters. The topological polar surface area (TPSA) is 59.0 Å². The third-order valence-electron chi connectivity index (χ3n) is 3.65. The Morgan fingerprint density at radius 1 is 1.54 bits per heavy atom. The molecule has 1 saturated heterocycles. The first-order valence-corrected chi connectivity index (χ1v) is 7.08. The van der Waals surface area contributed by atoms with Crippen molar-refractivity contribution in [1.29, 1.82) is 0 Å². The van der Waals surface area contributed by atoms with Gasteiger partial charge in [0.15, 0.2) is 11.5 Å². The lowest BCUT2D eigenvalue weighted by Crippen LogP contribution is -2.47. The molecule has 0 spiro atoms. The predicted octanol–water partition coefficient (Wildman–Crippen LogP) is 2.35. The highest BCUT2D eigenvalue weighted by atomic mass is 16.5. The van der Waals surface area contributed by atoms with Gasteiger partial charge in [0.05, 0.1) is 23.9 Å². The highest BCUT2D eigenvalue weighted by Gasteiger charge is 2.40. The summed E-state index contributed by atoms with van der Waals surface area (Å²) in [6.45, 7) is -7.61. The second-order valence-electron chi connectivity index (χ2n) is 5.61. The Hall–Kier alpha value is -1.59. The number of aryl methyl sites for hydroxylation is 1. The van der Waals surface area contributed by atoms with Gasteiger partial charge < -0.3 is 14.6 Å². The minimum Gasteiger partial charge on any atom is -0.493 e. The molecule has 24 heavy (non-hydrogen) atoms. The highest BCUT2D eigenvalue weighted by Crippen LogP contribution is 2.42. The van der Waals surface area contributed by atoms with Crippen molar-refractivity contribution in [3.05, 3.63) is 23.3 Å². The van der Waals surface area contributed by atoms with Crippen LogP contribution in [0.15, 0.2) is 12.1 Å². The summed E-state index contributed by atoms with van der Waals surface area (Å²) < 4.78 is 132. The van der Waals surface area contributed by atoms with Crippen LogP contribution in [0.1, 0.15) is 64.3 Å². The van der Waals surface area contributed by atoms with Crippen molar-refractivity contribution in [2.45, 2.75) is 44.5 Å². The number of fused-ring (bicyclic) bond motifs is 3. The lowest BCUT2D eigenvalue weighted by Gasteiger charge is -2.44.